The fourth-order valence-corrected chi connectivity index (χ4v) is 1.58. The summed E-state index contributed by atoms with van der Waals surface area (Å²) in [6, 6.07) is 7.73. The molecule has 0 aromatic heterocycles. The number of carbonyl (C=O) groups is 1. The highest BCUT2D eigenvalue weighted by atomic mass is 35.5. The summed E-state index contributed by atoms with van der Waals surface area (Å²) in [4.78, 5) is 12.4. The molecule has 0 atom stereocenters. The summed E-state index contributed by atoms with van der Waals surface area (Å²) in [7, 11) is 0. The third-order valence-corrected chi connectivity index (χ3v) is 2.21. The van der Waals surface area contributed by atoms with Crippen LogP contribution in [0, 0.1) is 0 Å². The van der Waals surface area contributed by atoms with E-state index in [2.05, 4.69) is 0 Å². The molecule has 13 heavy (non-hydrogen) atoms. The largest absolute Gasteiger partial charge is 0.324 e. The number of hydrogen-bond donors (Lipinski definition) is 0. The molecule has 1 aromatic carbocycles. The molecule has 0 fully saturated rings. The highest BCUT2D eigenvalue weighted by Crippen LogP contribution is 2.26. The van der Waals surface area contributed by atoms with E-state index in [-0.39, 0.29) is 0 Å². The lowest BCUT2D eigenvalue weighted by atomic mass is 10.1. The van der Waals surface area contributed by atoms with Gasteiger partial charge in [0, 0.05) is 6.20 Å². The number of nitrogens with zero attached hydrogens (tertiary/aromatic N) is 1. The molecule has 0 bridgehead atoms. The SMILES string of the molecule is O=C(Cl)N1C=CCc2ccccc21. The van der Waals surface area contributed by atoms with Gasteiger partial charge in [-0.25, -0.2) is 0 Å². The zero-order valence-electron chi connectivity index (χ0n) is 6.90. The smallest absolute Gasteiger partial charge is 0.274 e. The average molecular weight is 194 g/mol. The molecule has 2 nitrogen and oxygen atoms in total. The fraction of sp³-hybridized carbons (Fsp3) is 0.100. The number of fused-ring (bicyclic) bond motifs is 1. The lowest BCUT2D eigenvalue weighted by molar-refractivity contribution is 0.265. The van der Waals surface area contributed by atoms with Crippen molar-refractivity contribution >= 4 is 22.7 Å². The van der Waals surface area contributed by atoms with Crippen molar-refractivity contribution in [1.82, 2.24) is 0 Å². The summed E-state index contributed by atoms with van der Waals surface area (Å²) in [6.45, 7) is 0. The predicted octanol–water partition coefficient (Wildman–Crippen LogP) is 2.92. The Bertz CT molecular complexity index is 373. The number of rotatable bonds is 0. The zero-order valence-corrected chi connectivity index (χ0v) is 7.66. The maximum Gasteiger partial charge on any atom is 0.324 e. The second-order valence-corrected chi connectivity index (χ2v) is 3.16. The standard InChI is InChI=1S/C10H8ClNO/c11-10(13)12-7-3-5-8-4-1-2-6-9(8)12/h1-4,6-7H,5H2. The van der Waals surface area contributed by atoms with Crippen molar-refractivity contribution in [2.45, 2.75) is 6.42 Å². The Morgan fingerprint density at radius 1 is 1.38 bits per heavy atom. The van der Waals surface area contributed by atoms with Crippen molar-refractivity contribution in [3.63, 3.8) is 0 Å². The average Bonchev–Trinajstić information content (AvgIpc) is 2.17. The van der Waals surface area contributed by atoms with Crippen LogP contribution in [0.25, 0.3) is 0 Å². The molecule has 0 unspecified atom stereocenters. The van der Waals surface area contributed by atoms with Gasteiger partial charge in [0.2, 0.25) is 0 Å². The molecule has 1 aliphatic rings. The zero-order chi connectivity index (χ0) is 9.26. The maximum atomic E-state index is 11.0. The van der Waals surface area contributed by atoms with Gasteiger partial charge in [-0.05, 0) is 29.7 Å². The molecule has 0 saturated carbocycles. The molecule has 3 heteroatoms. The number of amides is 1. The molecule has 1 heterocycles. The normalized spacial score (nSPS) is 14.1. The minimum Gasteiger partial charge on any atom is -0.274 e. The van der Waals surface area contributed by atoms with E-state index in [1.54, 1.807) is 6.20 Å². The topological polar surface area (TPSA) is 20.3 Å². The second kappa shape index (κ2) is 3.23. The lowest BCUT2D eigenvalue weighted by Crippen LogP contribution is -2.22. The van der Waals surface area contributed by atoms with Crippen molar-refractivity contribution in [2.24, 2.45) is 0 Å². The molecule has 1 aliphatic heterocycles. The van der Waals surface area contributed by atoms with E-state index >= 15 is 0 Å². The Balaban J connectivity index is 2.48. The van der Waals surface area contributed by atoms with Crippen LogP contribution in [0.2, 0.25) is 0 Å². The van der Waals surface area contributed by atoms with E-state index in [4.69, 9.17) is 11.6 Å². The quantitative estimate of drug-likeness (QED) is 0.458. The first kappa shape index (κ1) is 8.32. The minimum absolute atomic E-state index is 0.469. The van der Waals surface area contributed by atoms with Crippen LogP contribution in [0.4, 0.5) is 10.5 Å². The highest BCUT2D eigenvalue weighted by molar-refractivity contribution is 6.66. The third kappa shape index (κ3) is 1.45. The molecule has 0 spiro atoms. The van der Waals surface area contributed by atoms with Gasteiger partial charge in [0.15, 0.2) is 0 Å². The maximum absolute atomic E-state index is 11.0. The van der Waals surface area contributed by atoms with Gasteiger partial charge in [0.1, 0.15) is 0 Å². The van der Waals surface area contributed by atoms with Crippen LogP contribution in [0.3, 0.4) is 0 Å². The Hall–Kier alpha value is -1.28. The Morgan fingerprint density at radius 2 is 2.15 bits per heavy atom. The van der Waals surface area contributed by atoms with E-state index < -0.39 is 5.37 Å². The summed E-state index contributed by atoms with van der Waals surface area (Å²) >= 11 is 5.42. The fourth-order valence-electron chi connectivity index (χ4n) is 1.44. The summed E-state index contributed by atoms with van der Waals surface area (Å²) in [6.07, 6.45) is 4.48. The molecule has 0 aliphatic carbocycles. The van der Waals surface area contributed by atoms with Crippen LogP contribution in [0.15, 0.2) is 36.5 Å². The van der Waals surface area contributed by atoms with Crippen LogP contribution < -0.4 is 4.90 Å². The number of carbonyl (C=O) groups excluding carboxylic acids is 1. The highest BCUT2D eigenvalue weighted by Gasteiger charge is 2.16. The van der Waals surface area contributed by atoms with Gasteiger partial charge in [0.05, 0.1) is 5.69 Å². The molecule has 0 saturated heterocycles. The van der Waals surface area contributed by atoms with Crippen molar-refractivity contribution in [3.8, 4) is 0 Å². The third-order valence-electron chi connectivity index (χ3n) is 2.03. The number of anilines is 1. The monoisotopic (exact) mass is 193 g/mol. The van der Waals surface area contributed by atoms with Crippen molar-refractivity contribution in [2.75, 3.05) is 4.90 Å². The molecule has 1 amide bonds. The van der Waals surface area contributed by atoms with E-state index in [1.165, 1.54) is 4.90 Å². The van der Waals surface area contributed by atoms with Gasteiger partial charge in [0.25, 0.3) is 0 Å². The molecular formula is C10H8ClNO. The van der Waals surface area contributed by atoms with Gasteiger partial charge in [-0.15, -0.1) is 0 Å². The van der Waals surface area contributed by atoms with Crippen LogP contribution in [0.1, 0.15) is 5.56 Å². The van der Waals surface area contributed by atoms with E-state index in [0.717, 1.165) is 17.7 Å². The van der Waals surface area contributed by atoms with Crippen molar-refractivity contribution < 1.29 is 4.79 Å². The van der Waals surface area contributed by atoms with Crippen molar-refractivity contribution in [3.05, 3.63) is 42.1 Å². The van der Waals surface area contributed by atoms with Crippen LogP contribution >= 0.6 is 11.6 Å². The molecule has 1 aromatic rings. The van der Waals surface area contributed by atoms with Gasteiger partial charge in [-0.2, -0.15) is 0 Å². The Kier molecular flexibility index (Phi) is 2.07. The number of halogens is 1. The van der Waals surface area contributed by atoms with Gasteiger partial charge >= 0.3 is 5.37 Å². The van der Waals surface area contributed by atoms with Crippen LogP contribution in [-0.2, 0) is 6.42 Å². The summed E-state index contributed by atoms with van der Waals surface area (Å²) < 4.78 is 0. The summed E-state index contributed by atoms with van der Waals surface area (Å²) in [5.74, 6) is 0. The number of para-hydroxylation sites is 1. The molecule has 0 radical (unpaired) electrons. The minimum atomic E-state index is -0.469. The van der Waals surface area contributed by atoms with Gasteiger partial charge < -0.3 is 0 Å². The second-order valence-electron chi connectivity index (χ2n) is 2.84. The molecule has 66 valence electrons. The molecular weight excluding hydrogens is 186 g/mol. The first-order chi connectivity index (χ1) is 6.29. The Morgan fingerprint density at radius 3 is 2.92 bits per heavy atom. The number of benzene rings is 1. The van der Waals surface area contributed by atoms with E-state index in [0.29, 0.717) is 0 Å². The number of hydrogen-bond acceptors (Lipinski definition) is 1. The van der Waals surface area contributed by atoms with Crippen LogP contribution in [-0.4, -0.2) is 5.37 Å². The molecule has 0 N–H and O–H groups in total. The molecule has 2 rings (SSSR count). The lowest BCUT2D eigenvalue weighted by Gasteiger charge is -2.21. The van der Waals surface area contributed by atoms with E-state index in [1.807, 2.05) is 30.3 Å². The van der Waals surface area contributed by atoms with E-state index in [9.17, 15) is 4.79 Å². The van der Waals surface area contributed by atoms with Crippen LogP contribution in [0.5, 0.6) is 0 Å². The predicted molar refractivity (Wildman–Crippen MR) is 53.0 cm³/mol. The Labute approximate surface area is 81.4 Å². The summed E-state index contributed by atoms with van der Waals surface area (Å²) in [5.41, 5.74) is 2.00. The first-order valence-electron chi connectivity index (χ1n) is 4.02. The first-order valence-corrected chi connectivity index (χ1v) is 4.40. The van der Waals surface area contributed by atoms with Gasteiger partial charge in [-0.1, -0.05) is 24.3 Å². The van der Waals surface area contributed by atoms with Crippen molar-refractivity contribution in [1.29, 1.82) is 0 Å². The van der Waals surface area contributed by atoms with Gasteiger partial charge in [-0.3, -0.25) is 9.69 Å². The summed E-state index contributed by atoms with van der Waals surface area (Å²) in [5, 5.41) is -0.469. The number of allylic oxidation sites excluding steroid dienone is 1.